The minimum atomic E-state index is -0.392. The van der Waals surface area contributed by atoms with Gasteiger partial charge in [0.2, 0.25) is 0 Å². The zero-order chi connectivity index (χ0) is 10.2. The molecule has 14 heavy (non-hydrogen) atoms. The molecule has 1 aliphatic carbocycles. The van der Waals surface area contributed by atoms with Crippen molar-refractivity contribution in [2.24, 2.45) is 0 Å². The van der Waals surface area contributed by atoms with Crippen molar-refractivity contribution >= 4 is 0 Å². The lowest BCUT2D eigenvalue weighted by Crippen LogP contribution is -2.39. The van der Waals surface area contributed by atoms with Crippen molar-refractivity contribution in [2.75, 3.05) is 0 Å². The molecule has 1 aromatic carbocycles. The number of aliphatic hydroxyl groups is 1. The fourth-order valence-electron chi connectivity index (χ4n) is 2.22. The van der Waals surface area contributed by atoms with Crippen LogP contribution in [0, 0.1) is 13.8 Å². The molecule has 1 aromatic rings. The molecule has 2 rings (SSSR count). The molecule has 0 aliphatic heterocycles. The summed E-state index contributed by atoms with van der Waals surface area (Å²) >= 11 is 0. The van der Waals surface area contributed by atoms with Gasteiger partial charge in [-0.1, -0.05) is 18.2 Å². The summed E-state index contributed by atoms with van der Waals surface area (Å²) in [6, 6.07) is 6.34. The first-order chi connectivity index (χ1) is 6.61. The average molecular weight is 190 g/mol. The van der Waals surface area contributed by atoms with Gasteiger partial charge in [0.1, 0.15) is 0 Å². The molecule has 1 fully saturated rings. The van der Waals surface area contributed by atoms with Gasteiger partial charge in [0.05, 0.1) is 5.60 Å². The van der Waals surface area contributed by atoms with E-state index in [-0.39, 0.29) is 0 Å². The van der Waals surface area contributed by atoms with E-state index in [1.165, 1.54) is 23.1 Å². The van der Waals surface area contributed by atoms with Gasteiger partial charge in [0.15, 0.2) is 0 Å². The minimum Gasteiger partial charge on any atom is -0.390 e. The zero-order valence-electron chi connectivity index (χ0n) is 9.01. The number of rotatable bonds is 2. The quantitative estimate of drug-likeness (QED) is 0.760. The Labute approximate surface area is 85.8 Å². The Hall–Kier alpha value is -0.820. The first-order valence-electron chi connectivity index (χ1n) is 5.38. The molecule has 76 valence electrons. The molecule has 0 amide bonds. The number of hydrogen-bond donors (Lipinski definition) is 1. The topological polar surface area (TPSA) is 20.2 Å². The van der Waals surface area contributed by atoms with Gasteiger partial charge < -0.3 is 5.11 Å². The molecule has 0 saturated heterocycles. The predicted octanol–water partition coefficient (Wildman–Crippen LogP) is 2.76. The molecule has 0 heterocycles. The molecule has 0 radical (unpaired) electrons. The fourth-order valence-corrected chi connectivity index (χ4v) is 2.22. The highest BCUT2D eigenvalue weighted by molar-refractivity contribution is 5.34. The van der Waals surface area contributed by atoms with Crippen LogP contribution in [0.1, 0.15) is 36.0 Å². The van der Waals surface area contributed by atoms with Gasteiger partial charge in [-0.3, -0.25) is 0 Å². The van der Waals surface area contributed by atoms with E-state index >= 15 is 0 Å². The first-order valence-corrected chi connectivity index (χ1v) is 5.38. The third kappa shape index (κ3) is 1.69. The van der Waals surface area contributed by atoms with E-state index in [0.29, 0.717) is 0 Å². The first kappa shape index (κ1) is 9.72. The van der Waals surface area contributed by atoms with Crippen LogP contribution < -0.4 is 0 Å². The predicted molar refractivity (Wildman–Crippen MR) is 58.4 cm³/mol. The molecule has 1 saturated carbocycles. The van der Waals surface area contributed by atoms with Gasteiger partial charge in [-0.05, 0) is 49.8 Å². The minimum absolute atomic E-state index is 0.392. The SMILES string of the molecule is Cc1cccc(C)c1CC1(O)CCC1. The summed E-state index contributed by atoms with van der Waals surface area (Å²) in [4.78, 5) is 0. The zero-order valence-corrected chi connectivity index (χ0v) is 9.01. The summed E-state index contributed by atoms with van der Waals surface area (Å²) in [5.74, 6) is 0. The summed E-state index contributed by atoms with van der Waals surface area (Å²) in [5, 5.41) is 10.1. The van der Waals surface area contributed by atoms with E-state index in [2.05, 4.69) is 32.0 Å². The Balaban J connectivity index is 2.23. The van der Waals surface area contributed by atoms with Crippen LogP contribution in [-0.4, -0.2) is 10.7 Å². The average Bonchev–Trinajstić information content (AvgIpc) is 2.09. The second-order valence-electron chi connectivity index (χ2n) is 4.63. The van der Waals surface area contributed by atoms with Crippen LogP contribution in [0.2, 0.25) is 0 Å². The van der Waals surface area contributed by atoms with Crippen LogP contribution >= 0.6 is 0 Å². The highest BCUT2D eigenvalue weighted by atomic mass is 16.3. The fraction of sp³-hybridized carbons (Fsp3) is 0.538. The van der Waals surface area contributed by atoms with E-state index in [1.54, 1.807) is 0 Å². The van der Waals surface area contributed by atoms with Crippen LogP contribution in [0.25, 0.3) is 0 Å². The van der Waals surface area contributed by atoms with Crippen molar-refractivity contribution in [3.05, 3.63) is 34.9 Å². The summed E-state index contributed by atoms with van der Waals surface area (Å²) in [7, 11) is 0. The molecular formula is C13H18O. The maximum Gasteiger partial charge on any atom is 0.0688 e. The van der Waals surface area contributed by atoms with E-state index in [4.69, 9.17) is 0 Å². The van der Waals surface area contributed by atoms with Crippen LogP contribution in [0.3, 0.4) is 0 Å². The van der Waals surface area contributed by atoms with E-state index in [1.807, 2.05) is 0 Å². The lowest BCUT2D eigenvalue weighted by molar-refractivity contribution is -0.0325. The molecule has 1 nitrogen and oxygen atoms in total. The van der Waals surface area contributed by atoms with Gasteiger partial charge in [-0.2, -0.15) is 0 Å². The van der Waals surface area contributed by atoms with Crippen LogP contribution in [0.5, 0.6) is 0 Å². The highest BCUT2D eigenvalue weighted by Crippen LogP contribution is 2.35. The molecular weight excluding hydrogens is 172 g/mol. The van der Waals surface area contributed by atoms with Gasteiger partial charge in [0, 0.05) is 6.42 Å². The summed E-state index contributed by atoms with van der Waals surface area (Å²) in [6.07, 6.45) is 3.97. The van der Waals surface area contributed by atoms with Crippen molar-refractivity contribution in [1.82, 2.24) is 0 Å². The monoisotopic (exact) mass is 190 g/mol. The number of aryl methyl sites for hydroxylation is 2. The maximum absolute atomic E-state index is 10.1. The van der Waals surface area contributed by atoms with Crippen molar-refractivity contribution in [2.45, 2.75) is 45.1 Å². The summed E-state index contributed by atoms with van der Waals surface area (Å²) in [5.41, 5.74) is 3.57. The van der Waals surface area contributed by atoms with Crippen molar-refractivity contribution < 1.29 is 5.11 Å². The van der Waals surface area contributed by atoms with Crippen molar-refractivity contribution in [3.63, 3.8) is 0 Å². The van der Waals surface area contributed by atoms with Gasteiger partial charge >= 0.3 is 0 Å². The third-order valence-electron chi connectivity index (χ3n) is 3.43. The molecule has 0 bridgehead atoms. The smallest absolute Gasteiger partial charge is 0.0688 e. The summed E-state index contributed by atoms with van der Waals surface area (Å²) in [6.45, 7) is 4.26. The highest BCUT2D eigenvalue weighted by Gasteiger charge is 2.34. The molecule has 1 heteroatoms. The second-order valence-corrected chi connectivity index (χ2v) is 4.63. The van der Waals surface area contributed by atoms with Crippen molar-refractivity contribution in [3.8, 4) is 0 Å². The molecule has 0 atom stereocenters. The molecule has 1 aliphatic rings. The Kier molecular flexibility index (Phi) is 2.36. The van der Waals surface area contributed by atoms with E-state index < -0.39 is 5.60 Å². The number of benzene rings is 1. The Morgan fingerprint density at radius 3 is 2.21 bits per heavy atom. The van der Waals surface area contributed by atoms with Crippen LogP contribution in [0.15, 0.2) is 18.2 Å². The van der Waals surface area contributed by atoms with Gasteiger partial charge in [-0.25, -0.2) is 0 Å². The van der Waals surface area contributed by atoms with Gasteiger partial charge in [0.25, 0.3) is 0 Å². The Morgan fingerprint density at radius 2 is 1.79 bits per heavy atom. The lowest BCUT2D eigenvalue weighted by Gasteiger charge is -2.37. The van der Waals surface area contributed by atoms with Gasteiger partial charge in [-0.15, -0.1) is 0 Å². The largest absolute Gasteiger partial charge is 0.390 e. The normalized spacial score (nSPS) is 19.1. The standard InChI is InChI=1S/C13H18O/c1-10-5-3-6-11(2)12(10)9-13(14)7-4-8-13/h3,5-6,14H,4,7-9H2,1-2H3. The number of hydrogen-bond acceptors (Lipinski definition) is 1. The van der Waals surface area contributed by atoms with E-state index in [0.717, 1.165) is 19.3 Å². The maximum atomic E-state index is 10.1. The third-order valence-corrected chi connectivity index (χ3v) is 3.43. The Bertz CT molecular complexity index is 317. The van der Waals surface area contributed by atoms with Crippen molar-refractivity contribution in [1.29, 1.82) is 0 Å². The molecule has 1 N–H and O–H groups in total. The van der Waals surface area contributed by atoms with Crippen LogP contribution in [0.4, 0.5) is 0 Å². The van der Waals surface area contributed by atoms with E-state index in [9.17, 15) is 5.11 Å². The molecule has 0 spiro atoms. The van der Waals surface area contributed by atoms with Crippen LogP contribution in [-0.2, 0) is 6.42 Å². The second kappa shape index (κ2) is 3.39. The molecule has 0 aromatic heterocycles. The molecule has 0 unspecified atom stereocenters. The Morgan fingerprint density at radius 1 is 1.21 bits per heavy atom. The summed E-state index contributed by atoms with van der Waals surface area (Å²) < 4.78 is 0. The lowest BCUT2D eigenvalue weighted by atomic mass is 9.75.